The Hall–Kier alpha value is -1.95. The smallest absolute Gasteiger partial charge is 0.265 e. The lowest BCUT2D eigenvalue weighted by Crippen LogP contribution is -2.13. The van der Waals surface area contributed by atoms with Crippen molar-refractivity contribution in [3.05, 3.63) is 51.1 Å². The first-order valence-electron chi connectivity index (χ1n) is 6.46. The highest BCUT2D eigenvalue weighted by atomic mass is 79.9. The number of aromatic amines is 1. The highest BCUT2D eigenvalue weighted by molar-refractivity contribution is 9.10. The van der Waals surface area contributed by atoms with E-state index in [4.69, 9.17) is 0 Å². The van der Waals surface area contributed by atoms with Gasteiger partial charge >= 0.3 is 0 Å². The number of H-pyrrole nitrogens is 1. The second-order valence-electron chi connectivity index (χ2n) is 4.98. The molecule has 20 heavy (non-hydrogen) atoms. The molecule has 0 unspecified atom stereocenters. The van der Waals surface area contributed by atoms with Gasteiger partial charge in [-0.15, -0.1) is 0 Å². The van der Waals surface area contributed by atoms with Crippen LogP contribution in [0.25, 0.3) is 17.2 Å². The predicted octanol–water partition coefficient (Wildman–Crippen LogP) is 2.72. The third kappa shape index (κ3) is 1.87. The molecule has 4 rings (SSSR count). The minimum atomic E-state index is -0.144. The van der Waals surface area contributed by atoms with Crippen LogP contribution in [0.1, 0.15) is 24.5 Å². The number of imidazole rings is 1. The molecule has 0 spiro atoms. The van der Waals surface area contributed by atoms with Crippen LogP contribution < -0.4 is 5.56 Å². The molecule has 1 aliphatic rings. The predicted molar refractivity (Wildman–Crippen MR) is 78.7 cm³/mol. The van der Waals surface area contributed by atoms with E-state index in [0.29, 0.717) is 21.9 Å². The van der Waals surface area contributed by atoms with Gasteiger partial charge in [0.05, 0.1) is 5.69 Å². The lowest BCUT2D eigenvalue weighted by atomic mass is 10.2. The van der Waals surface area contributed by atoms with Crippen LogP contribution in [0.3, 0.4) is 0 Å². The van der Waals surface area contributed by atoms with E-state index in [9.17, 15) is 4.79 Å². The van der Waals surface area contributed by atoms with Gasteiger partial charge in [-0.1, -0.05) is 6.07 Å². The molecule has 3 heterocycles. The summed E-state index contributed by atoms with van der Waals surface area (Å²) in [6, 6.07) is 5.79. The SMILES string of the molecule is O=c1[nH]c(-c2cn3ccccc3n2)nc(C2CC2)c1Br. The molecule has 0 atom stereocenters. The zero-order chi connectivity index (χ0) is 13.7. The van der Waals surface area contributed by atoms with E-state index in [2.05, 4.69) is 30.9 Å². The van der Waals surface area contributed by atoms with E-state index in [0.717, 1.165) is 24.2 Å². The molecule has 0 aliphatic heterocycles. The van der Waals surface area contributed by atoms with Crippen molar-refractivity contribution in [2.24, 2.45) is 0 Å². The van der Waals surface area contributed by atoms with Gasteiger partial charge in [0, 0.05) is 18.3 Å². The summed E-state index contributed by atoms with van der Waals surface area (Å²) in [6.07, 6.45) is 5.99. The van der Waals surface area contributed by atoms with Gasteiger partial charge < -0.3 is 9.38 Å². The summed E-state index contributed by atoms with van der Waals surface area (Å²) in [5, 5.41) is 0. The minimum absolute atomic E-state index is 0.144. The minimum Gasteiger partial charge on any atom is -0.306 e. The van der Waals surface area contributed by atoms with Crippen molar-refractivity contribution in [2.75, 3.05) is 0 Å². The van der Waals surface area contributed by atoms with Gasteiger partial charge in [0.15, 0.2) is 5.82 Å². The maximum atomic E-state index is 12.0. The highest BCUT2D eigenvalue weighted by Crippen LogP contribution is 2.41. The number of hydrogen-bond donors (Lipinski definition) is 1. The third-order valence-electron chi connectivity index (χ3n) is 3.46. The fourth-order valence-corrected chi connectivity index (χ4v) is 2.79. The number of fused-ring (bicyclic) bond motifs is 1. The largest absolute Gasteiger partial charge is 0.306 e. The molecule has 0 aromatic carbocycles. The first-order valence-corrected chi connectivity index (χ1v) is 7.25. The first kappa shape index (κ1) is 11.8. The van der Waals surface area contributed by atoms with E-state index in [1.807, 2.05) is 35.0 Å². The fraction of sp³-hybridized carbons (Fsp3) is 0.214. The molecule has 3 aromatic heterocycles. The maximum Gasteiger partial charge on any atom is 0.265 e. The lowest BCUT2D eigenvalue weighted by molar-refractivity contribution is 0.956. The molecule has 0 bridgehead atoms. The average Bonchev–Trinajstić information content (AvgIpc) is 3.19. The van der Waals surface area contributed by atoms with Crippen LogP contribution in [0.4, 0.5) is 0 Å². The molecule has 1 aliphatic carbocycles. The molecule has 5 nitrogen and oxygen atoms in total. The number of hydrogen-bond acceptors (Lipinski definition) is 3. The summed E-state index contributed by atoms with van der Waals surface area (Å²) in [6.45, 7) is 0. The Bertz CT molecular complexity index is 830. The molecule has 6 heteroatoms. The Balaban J connectivity index is 1.91. The van der Waals surface area contributed by atoms with Crippen molar-refractivity contribution in [3.8, 4) is 11.5 Å². The van der Waals surface area contributed by atoms with Crippen LogP contribution in [0.2, 0.25) is 0 Å². The lowest BCUT2D eigenvalue weighted by Gasteiger charge is -2.03. The van der Waals surface area contributed by atoms with Crippen molar-refractivity contribution in [1.82, 2.24) is 19.4 Å². The molecule has 1 saturated carbocycles. The van der Waals surface area contributed by atoms with Gasteiger partial charge in [-0.05, 0) is 40.9 Å². The Labute approximate surface area is 122 Å². The zero-order valence-electron chi connectivity index (χ0n) is 10.5. The average molecular weight is 331 g/mol. The Kier molecular flexibility index (Phi) is 2.53. The molecule has 0 saturated heterocycles. The fourth-order valence-electron chi connectivity index (χ4n) is 2.27. The molecule has 1 fully saturated rings. The van der Waals surface area contributed by atoms with E-state index in [-0.39, 0.29) is 5.56 Å². The monoisotopic (exact) mass is 330 g/mol. The molecule has 1 N–H and O–H groups in total. The van der Waals surface area contributed by atoms with Gasteiger partial charge in [-0.3, -0.25) is 4.79 Å². The molecule has 100 valence electrons. The van der Waals surface area contributed by atoms with Crippen LogP contribution in [-0.2, 0) is 0 Å². The van der Waals surface area contributed by atoms with E-state index in [1.165, 1.54) is 0 Å². The Morgan fingerprint density at radius 3 is 2.90 bits per heavy atom. The van der Waals surface area contributed by atoms with Gasteiger partial charge in [-0.25, -0.2) is 9.97 Å². The standard InChI is InChI=1S/C14H11BrN4O/c15-11-12(8-4-5-8)17-13(18-14(11)20)9-7-19-6-2-1-3-10(19)16-9/h1-3,6-8H,4-5H2,(H,17,18,20). The van der Waals surface area contributed by atoms with Crippen LogP contribution in [0.5, 0.6) is 0 Å². The third-order valence-corrected chi connectivity index (χ3v) is 4.23. The number of halogens is 1. The number of pyridine rings is 1. The number of rotatable bonds is 2. The number of aromatic nitrogens is 4. The number of nitrogens with zero attached hydrogens (tertiary/aromatic N) is 3. The quantitative estimate of drug-likeness (QED) is 0.785. The van der Waals surface area contributed by atoms with Crippen LogP contribution in [-0.4, -0.2) is 19.4 Å². The normalized spacial score (nSPS) is 14.8. The molecule has 0 amide bonds. The van der Waals surface area contributed by atoms with Crippen molar-refractivity contribution in [2.45, 2.75) is 18.8 Å². The van der Waals surface area contributed by atoms with E-state index >= 15 is 0 Å². The van der Waals surface area contributed by atoms with Crippen LogP contribution >= 0.6 is 15.9 Å². The molecule has 3 aromatic rings. The van der Waals surface area contributed by atoms with Crippen LogP contribution in [0.15, 0.2) is 39.9 Å². The second kappa shape index (κ2) is 4.28. The van der Waals surface area contributed by atoms with E-state index < -0.39 is 0 Å². The second-order valence-corrected chi connectivity index (χ2v) is 5.77. The molecule has 0 radical (unpaired) electrons. The zero-order valence-corrected chi connectivity index (χ0v) is 12.1. The van der Waals surface area contributed by atoms with Crippen molar-refractivity contribution in [3.63, 3.8) is 0 Å². The summed E-state index contributed by atoms with van der Waals surface area (Å²) in [4.78, 5) is 23.9. The summed E-state index contributed by atoms with van der Waals surface area (Å²) < 4.78 is 2.46. The van der Waals surface area contributed by atoms with Gasteiger partial charge in [0.25, 0.3) is 5.56 Å². The summed E-state index contributed by atoms with van der Waals surface area (Å²) >= 11 is 3.33. The van der Waals surface area contributed by atoms with E-state index in [1.54, 1.807) is 0 Å². The van der Waals surface area contributed by atoms with Crippen molar-refractivity contribution < 1.29 is 0 Å². The Morgan fingerprint density at radius 2 is 2.15 bits per heavy atom. The summed E-state index contributed by atoms with van der Waals surface area (Å²) in [7, 11) is 0. The highest BCUT2D eigenvalue weighted by Gasteiger charge is 2.29. The van der Waals surface area contributed by atoms with Gasteiger partial charge in [-0.2, -0.15) is 0 Å². The Morgan fingerprint density at radius 1 is 1.30 bits per heavy atom. The van der Waals surface area contributed by atoms with Crippen LogP contribution in [0, 0.1) is 0 Å². The number of nitrogens with one attached hydrogen (secondary N) is 1. The first-order chi connectivity index (χ1) is 9.72. The maximum absolute atomic E-state index is 12.0. The van der Waals surface area contributed by atoms with Gasteiger partial charge in [0.1, 0.15) is 15.8 Å². The van der Waals surface area contributed by atoms with Gasteiger partial charge in [0.2, 0.25) is 0 Å². The summed E-state index contributed by atoms with van der Waals surface area (Å²) in [5.41, 5.74) is 2.22. The van der Waals surface area contributed by atoms with Crippen molar-refractivity contribution >= 4 is 21.6 Å². The van der Waals surface area contributed by atoms with Crippen molar-refractivity contribution in [1.29, 1.82) is 0 Å². The molecular weight excluding hydrogens is 320 g/mol. The topological polar surface area (TPSA) is 63.0 Å². The summed E-state index contributed by atoms with van der Waals surface area (Å²) in [5.74, 6) is 0.936. The molecular formula is C14H11BrN4O.